The minimum atomic E-state index is -3.73. The highest BCUT2D eigenvalue weighted by Crippen LogP contribution is 2.39. The third-order valence-electron chi connectivity index (χ3n) is 4.64. The quantitative estimate of drug-likeness (QED) is 0.874. The molecule has 0 spiro atoms. The molecule has 2 fully saturated rings. The molecular formula is C15H23N3O4S. The zero-order valence-corrected chi connectivity index (χ0v) is 14.3. The minimum absolute atomic E-state index is 0.134. The van der Waals surface area contributed by atoms with Crippen LogP contribution in [0.2, 0.25) is 0 Å². The molecule has 3 rings (SSSR count). The number of aryl methyl sites for hydroxylation is 1. The summed E-state index contributed by atoms with van der Waals surface area (Å²) >= 11 is 0. The molecule has 1 aliphatic carbocycles. The van der Waals surface area contributed by atoms with Crippen LogP contribution in [0.3, 0.4) is 0 Å². The molecule has 2 heterocycles. The standard InChI is InChI=1S/C15H23N3O4S/c1-10-8-14(16-18(10)11(2)12-5-6-12)15(19)17-23(20,21)13-4-3-7-22-9-13/h8,11-13H,3-7,9H2,1-2H3,(H,17,19). The Morgan fingerprint density at radius 2 is 2.17 bits per heavy atom. The number of carbonyl (C=O) groups is 1. The Morgan fingerprint density at radius 1 is 1.43 bits per heavy atom. The third kappa shape index (κ3) is 3.58. The van der Waals surface area contributed by atoms with Crippen molar-refractivity contribution >= 4 is 15.9 Å². The summed E-state index contributed by atoms with van der Waals surface area (Å²) in [6, 6.07) is 1.88. The van der Waals surface area contributed by atoms with Crippen LogP contribution in [0.1, 0.15) is 54.8 Å². The van der Waals surface area contributed by atoms with Gasteiger partial charge in [-0.3, -0.25) is 9.48 Å². The summed E-state index contributed by atoms with van der Waals surface area (Å²) in [4.78, 5) is 12.3. The summed E-state index contributed by atoms with van der Waals surface area (Å²) in [5.41, 5.74) is 1.02. The van der Waals surface area contributed by atoms with Crippen molar-refractivity contribution in [3.63, 3.8) is 0 Å². The van der Waals surface area contributed by atoms with Gasteiger partial charge in [0.1, 0.15) is 5.25 Å². The molecule has 0 aromatic carbocycles. The monoisotopic (exact) mass is 341 g/mol. The Balaban J connectivity index is 1.71. The average Bonchev–Trinajstić information content (AvgIpc) is 3.29. The van der Waals surface area contributed by atoms with E-state index in [2.05, 4.69) is 16.7 Å². The molecule has 1 amide bonds. The number of sulfonamides is 1. The van der Waals surface area contributed by atoms with Crippen LogP contribution in [-0.2, 0) is 14.8 Å². The molecule has 1 saturated carbocycles. The van der Waals surface area contributed by atoms with Gasteiger partial charge in [0.2, 0.25) is 10.0 Å². The maximum Gasteiger partial charge on any atom is 0.285 e. The topological polar surface area (TPSA) is 90.3 Å². The maximum atomic E-state index is 12.3. The molecule has 1 aromatic heterocycles. The zero-order valence-electron chi connectivity index (χ0n) is 13.5. The van der Waals surface area contributed by atoms with Crippen LogP contribution in [0.25, 0.3) is 0 Å². The van der Waals surface area contributed by atoms with Crippen LogP contribution < -0.4 is 4.72 Å². The smallest absolute Gasteiger partial charge is 0.285 e. The van der Waals surface area contributed by atoms with E-state index in [0.29, 0.717) is 25.4 Å². The molecule has 7 nitrogen and oxygen atoms in total. The molecule has 2 aliphatic rings. The fraction of sp³-hybridized carbons (Fsp3) is 0.733. The SMILES string of the molecule is Cc1cc(C(=O)NS(=O)(=O)C2CCCOC2)nn1C(C)C1CC1. The Bertz CT molecular complexity index is 688. The van der Waals surface area contributed by atoms with Crippen LogP contribution in [0.5, 0.6) is 0 Å². The van der Waals surface area contributed by atoms with E-state index in [4.69, 9.17) is 4.74 Å². The van der Waals surface area contributed by atoms with Crippen LogP contribution in [-0.4, -0.2) is 42.6 Å². The first-order chi connectivity index (χ1) is 10.9. The predicted molar refractivity (Wildman–Crippen MR) is 84.6 cm³/mol. The summed E-state index contributed by atoms with van der Waals surface area (Å²) < 4.78 is 33.7. The Kier molecular flexibility index (Phi) is 4.46. The molecule has 1 aromatic rings. The van der Waals surface area contributed by atoms with E-state index in [9.17, 15) is 13.2 Å². The Hall–Kier alpha value is -1.41. The van der Waals surface area contributed by atoms with Crippen molar-refractivity contribution in [2.75, 3.05) is 13.2 Å². The lowest BCUT2D eigenvalue weighted by Gasteiger charge is -2.21. The number of carbonyl (C=O) groups excluding carboxylic acids is 1. The summed E-state index contributed by atoms with van der Waals surface area (Å²) in [5, 5.41) is 3.64. The minimum Gasteiger partial charge on any atom is -0.380 e. The normalized spacial score (nSPS) is 23.5. The van der Waals surface area contributed by atoms with Gasteiger partial charge in [-0.15, -0.1) is 0 Å². The lowest BCUT2D eigenvalue weighted by atomic mass is 10.2. The number of nitrogens with zero attached hydrogens (tertiary/aromatic N) is 2. The molecule has 2 unspecified atom stereocenters. The average molecular weight is 341 g/mol. The first-order valence-corrected chi connectivity index (χ1v) is 9.63. The molecule has 8 heteroatoms. The second-order valence-electron chi connectivity index (χ2n) is 6.51. The highest BCUT2D eigenvalue weighted by Gasteiger charge is 2.33. The van der Waals surface area contributed by atoms with Gasteiger partial charge in [-0.1, -0.05) is 0 Å². The maximum absolute atomic E-state index is 12.3. The summed E-state index contributed by atoms with van der Waals surface area (Å²) in [6.45, 7) is 4.67. The molecule has 0 radical (unpaired) electrons. The lowest BCUT2D eigenvalue weighted by molar-refractivity contribution is 0.0949. The van der Waals surface area contributed by atoms with Crippen molar-refractivity contribution in [2.24, 2.45) is 5.92 Å². The van der Waals surface area contributed by atoms with Crippen molar-refractivity contribution in [1.82, 2.24) is 14.5 Å². The number of hydrogen-bond donors (Lipinski definition) is 1. The van der Waals surface area contributed by atoms with Gasteiger partial charge in [-0.25, -0.2) is 13.1 Å². The molecule has 23 heavy (non-hydrogen) atoms. The Morgan fingerprint density at radius 3 is 2.78 bits per heavy atom. The van der Waals surface area contributed by atoms with Crippen LogP contribution >= 0.6 is 0 Å². The van der Waals surface area contributed by atoms with Crippen molar-refractivity contribution in [3.8, 4) is 0 Å². The molecule has 2 atom stereocenters. The van der Waals surface area contributed by atoms with Crippen molar-refractivity contribution in [1.29, 1.82) is 0 Å². The van der Waals surface area contributed by atoms with Gasteiger partial charge in [0.05, 0.1) is 12.6 Å². The highest BCUT2D eigenvalue weighted by atomic mass is 32.2. The van der Waals surface area contributed by atoms with E-state index >= 15 is 0 Å². The lowest BCUT2D eigenvalue weighted by Crippen LogP contribution is -2.42. The van der Waals surface area contributed by atoms with Crippen LogP contribution in [0.4, 0.5) is 0 Å². The fourth-order valence-corrected chi connectivity index (χ4v) is 4.29. The largest absolute Gasteiger partial charge is 0.380 e. The van der Waals surface area contributed by atoms with Crippen LogP contribution in [0.15, 0.2) is 6.07 Å². The second-order valence-corrected chi connectivity index (χ2v) is 8.47. The van der Waals surface area contributed by atoms with E-state index in [1.54, 1.807) is 6.07 Å². The highest BCUT2D eigenvalue weighted by molar-refractivity contribution is 7.90. The van der Waals surface area contributed by atoms with Crippen LogP contribution in [0, 0.1) is 12.8 Å². The van der Waals surface area contributed by atoms with Gasteiger partial charge in [0, 0.05) is 12.3 Å². The molecule has 1 saturated heterocycles. The van der Waals surface area contributed by atoms with Gasteiger partial charge in [-0.2, -0.15) is 5.10 Å². The van der Waals surface area contributed by atoms with Gasteiger partial charge < -0.3 is 4.74 Å². The first-order valence-electron chi connectivity index (χ1n) is 8.08. The molecule has 1 aliphatic heterocycles. The van der Waals surface area contributed by atoms with E-state index in [0.717, 1.165) is 5.69 Å². The summed E-state index contributed by atoms with van der Waals surface area (Å²) in [7, 11) is -3.73. The molecular weight excluding hydrogens is 318 g/mol. The number of ether oxygens (including phenoxy) is 1. The van der Waals surface area contributed by atoms with Gasteiger partial charge in [-0.05, 0) is 51.5 Å². The zero-order chi connectivity index (χ0) is 16.6. The van der Waals surface area contributed by atoms with Crippen molar-refractivity contribution in [2.45, 2.75) is 50.8 Å². The van der Waals surface area contributed by atoms with Crippen molar-refractivity contribution in [3.05, 3.63) is 17.5 Å². The van der Waals surface area contributed by atoms with E-state index in [1.807, 2.05) is 11.6 Å². The first kappa shape index (κ1) is 16.4. The van der Waals surface area contributed by atoms with Crippen molar-refractivity contribution < 1.29 is 17.9 Å². The number of amides is 1. The summed E-state index contributed by atoms with van der Waals surface area (Å²) in [5.74, 6) is -0.0620. The molecule has 1 N–H and O–H groups in total. The third-order valence-corrected chi connectivity index (χ3v) is 6.36. The fourth-order valence-electron chi connectivity index (χ4n) is 3.01. The Labute approximate surface area is 136 Å². The van der Waals surface area contributed by atoms with Gasteiger partial charge in [0.15, 0.2) is 5.69 Å². The number of hydrogen-bond acceptors (Lipinski definition) is 5. The second kappa shape index (κ2) is 6.24. The number of rotatable bonds is 5. The van der Waals surface area contributed by atoms with Gasteiger partial charge in [0.25, 0.3) is 5.91 Å². The van der Waals surface area contributed by atoms with E-state index in [-0.39, 0.29) is 18.3 Å². The van der Waals surface area contributed by atoms with E-state index in [1.165, 1.54) is 12.8 Å². The molecule has 128 valence electrons. The number of nitrogens with one attached hydrogen (secondary N) is 1. The number of aromatic nitrogens is 2. The molecule has 0 bridgehead atoms. The van der Waals surface area contributed by atoms with E-state index < -0.39 is 21.2 Å². The van der Waals surface area contributed by atoms with Gasteiger partial charge >= 0.3 is 0 Å². The summed E-state index contributed by atoms with van der Waals surface area (Å²) in [6.07, 6.45) is 3.55. The predicted octanol–water partition coefficient (Wildman–Crippen LogP) is 1.40.